The Morgan fingerprint density at radius 1 is 0.260 bits per heavy atom. The minimum Gasteiger partial charge on any atom is -0.0622 e. The lowest BCUT2D eigenvalue weighted by molar-refractivity contribution is 1.39. The molecule has 0 aliphatic rings. The molecule has 0 aliphatic heterocycles. The van der Waals surface area contributed by atoms with Crippen LogP contribution >= 0.6 is 0 Å². The van der Waals surface area contributed by atoms with Gasteiger partial charge in [-0.05, 0) is 140 Å². The quantitative estimate of drug-likeness (QED) is 0.170. The third-order valence-corrected chi connectivity index (χ3v) is 11.4. The van der Waals surface area contributed by atoms with Crippen LogP contribution in [-0.4, -0.2) is 0 Å². The van der Waals surface area contributed by atoms with Crippen LogP contribution < -0.4 is 0 Å². The van der Waals surface area contributed by atoms with Gasteiger partial charge in [0, 0.05) is 0 Å². The summed E-state index contributed by atoms with van der Waals surface area (Å²) in [6.07, 6.45) is 0. The predicted molar refractivity (Wildman–Crippen MR) is 217 cm³/mol. The third-order valence-electron chi connectivity index (χ3n) is 11.4. The maximum atomic E-state index is 2.52. The maximum absolute atomic E-state index is 2.52. The van der Waals surface area contributed by atoms with E-state index in [1.165, 1.54) is 120 Å². The molecule has 0 bridgehead atoms. The fourth-order valence-corrected chi connectivity index (χ4v) is 9.47. The van der Waals surface area contributed by atoms with E-state index in [0.717, 1.165) is 0 Å². The van der Waals surface area contributed by atoms with Crippen LogP contribution in [-0.2, 0) is 0 Å². The molecule has 0 aromatic heterocycles. The second kappa shape index (κ2) is 10.1. The predicted octanol–water partition coefficient (Wildman–Crippen LogP) is 14.3. The van der Waals surface area contributed by atoms with Crippen molar-refractivity contribution >= 4 is 75.4 Å². The fourth-order valence-electron chi connectivity index (χ4n) is 9.47. The van der Waals surface area contributed by atoms with Crippen molar-refractivity contribution in [1.29, 1.82) is 0 Å². The van der Waals surface area contributed by atoms with Gasteiger partial charge in [-0.3, -0.25) is 0 Å². The number of benzene rings is 9. The Bertz CT molecular complexity index is 3110. The number of rotatable bonds is 3. The summed E-state index contributed by atoms with van der Waals surface area (Å²) in [6, 6.07) is 59.1. The summed E-state index contributed by atoms with van der Waals surface area (Å²) in [4.78, 5) is 0. The van der Waals surface area contributed by atoms with E-state index in [4.69, 9.17) is 0 Å². The van der Waals surface area contributed by atoms with Crippen LogP contribution in [0.3, 0.4) is 0 Å². The molecule has 0 heteroatoms. The second-order valence-electron chi connectivity index (χ2n) is 14.0. The molecule has 0 aliphatic carbocycles. The van der Waals surface area contributed by atoms with Gasteiger partial charge in [-0.1, -0.05) is 152 Å². The summed E-state index contributed by atoms with van der Waals surface area (Å²) in [5.41, 5.74) is 10.4. The lowest BCUT2D eigenvalue weighted by Gasteiger charge is -2.19. The molecular weight excluding hydrogens is 601 g/mol. The van der Waals surface area contributed by atoms with E-state index in [-0.39, 0.29) is 0 Å². The Morgan fingerprint density at radius 2 is 0.740 bits per heavy atom. The van der Waals surface area contributed by atoms with Crippen LogP contribution in [0.15, 0.2) is 158 Å². The summed E-state index contributed by atoms with van der Waals surface area (Å²) in [6.45, 7) is 4.49. The first-order valence-corrected chi connectivity index (χ1v) is 17.6. The van der Waals surface area contributed by atoms with Crippen LogP contribution in [0, 0.1) is 13.8 Å². The topological polar surface area (TPSA) is 0 Å². The van der Waals surface area contributed by atoms with Crippen LogP contribution in [0.25, 0.3) is 109 Å². The molecular formula is C50H32. The minimum atomic E-state index is 1.25. The molecule has 0 atom stereocenters. The smallest absolute Gasteiger partial charge is 0.000719 e. The zero-order valence-electron chi connectivity index (χ0n) is 28.0. The molecule has 0 amide bonds. The molecule has 0 saturated carbocycles. The zero-order valence-corrected chi connectivity index (χ0v) is 28.0. The highest BCUT2D eigenvalue weighted by Crippen LogP contribution is 2.55. The van der Waals surface area contributed by atoms with Gasteiger partial charge >= 0.3 is 0 Å². The number of fused-ring (bicyclic) bond motifs is 8. The molecule has 0 unspecified atom stereocenters. The van der Waals surface area contributed by atoms with Crippen LogP contribution in [0.1, 0.15) is 11.1 Å². The fraction of sp³-hybridized carbons (Fsp3) is 0.0400. The van der Waals surface area contributed by atoms with Gasteiger partial charge in [-0.2, -0.15) is 0 Å². The van der Waals surface area contributed by atoms with Gasteiger partial charge in [0.05, 0.1) is 0 Å². The second-order valence-corrected chi connectivity index (χ2v) is 14.0. The molecule has 50 heavy (non-hydrogen) atoms. The average Bonchev–Trinajstić information content (AvgIpc) is 3.66. The van der Waals surface area contributed by atoms with E-state index in [2.05, 4.69) is 172 Å². The summed E-state index contributed by atoms with van der Waals surface area (Å²) in [7, 11) is 0. The van der Waals surface area contributed by atoms with E-state index in [0.29, 0.717) is 0 Å². The van der Waals surface area contributed by atoms with E-state index in [9.17, 15) is 0 Å². The minimum absolute atomic E-state index is 1.25. The van der Waals surface area contributed by atoms with Gasteiger partial charge < -0.3 is 0 Å². The Kier molecular flexibility index (Phi) is 5.61. The van der Waals surface area contributed by atoms with Crippen LogP contribution in [0.5, 0.6) is 0 Å². The van der Waals surface area contributed by atoms with Crippen LogP contribution in [0.2, 0.25) is 0 Å². The Labute approximate surface area is 290 Å². The third kappa shape index (κ3) is 3.55. The molecule has 0 saturated heterocycles. The maximum Gasteiger partial charge on any atom is -0.000719 e. The first kappa shape index (κ1) is 27.7. The van der Waals surface area contributed by atoms with E-state index < -0.39 is 0 Å². The number of hydrogen-bond acceptors (Lipinski definition) is 0. The van der Waals surface area contributed by atoms with Gasteiger partial charge in [0.2, 0.25) is 0 Å². The molecule has 0 spiro atoms. The summed E-state index contributed by atoms with van der Waals surface area (Å²) in [5, 5.41) is 18.7. The molecule has 11 rings (SSSR count). The first-order chi connectivity index (χ1) is 24.7. The summed E-state index contributed by atoms with van der Waals surface area (Å²) >= 11 is 0. The van der Waals surface area contributed by atoms with E-state index >= 15 is 0 Å². The van der Waals surface area contributed by atoms with Crippen molar-refractivity contribution in [3.63, 3.8) is 0 Å². The molecule has 0 heterocycles. The normalized spacial score (nSPS) is 12.2. The first-order valence-electron chi connectivity index (χ1n) is 17.6. The molecule has 0 nitrogen and oxygen atoms in total. The lowest BCUT2D eigenvalue weighted by Crippen LogP contribution is -1.91. The Hall–Kier alpha value is -6.24. The average molecular weight is 633 g/mol. The van der Waals surface area contributed by atoms with Gasteiger partial charge in [-0.25, -0.2) is 0 Å². The molecule has 0 N–H and O–H groups in total. The highest BCUT2D eigenvalue weighted by Gasteiger charge is 2.27. The lowest BCUT2D eigenvalue weighted by atomic mass is 9.84. The van der Waals surface area contributed by atoms with Crippen molar-refractivity contribution in [2.75, 3.05) is 0 Å². The highest BCUT2D eigenvalue weighted by atomic mass is 14.3. The van der Waals surface area contributed by atoms with Gasteiger partial charge in [-0.15, -0.1) is 0 Å². The van der Waals surface area contributed by atoms with Crippen molar-refractivity contribution in [3.8, 4) is 33.4 Å². The molecule has 232 valence electrons. The molecule has 11 aromatic carbocycles. The zero-order chi connectivity index (χ0) is 33.1. The van der Waals surface area contributed by atoms with Crippen molar-refractivity contribution in [2.45, 2.75) is 13.8 Å². The monoisotopic (exact) mass is 632 g/mol. The number of hydrogen-bond donors (Lipinski definition) is 0. The highest BCUT2D eigenvalue weighted by molar-refractivity contribution is 6.45. The SMILES string of the molecule is Cc1cccc(C)c1-c1ccc2c3c(-c4ccccc4)c4c(cc5c6ccccc6c6cccc4c65)c(-c4ccccc4)c3c3cccc1c32. The number of aryl methyl sites for hydroxylation is 2. The largest absolute Gasteiger partial charge is 0.0622 e. The van der Waals surface area contributed by atoms with Gasteiger partial charge in [0.25, 0.3) is 0 Å². The molecule has 11 aromatic rings. The molecule has 0 radical (unpaired) electrons. The summed E-state index contributed by atoms with van der Waals surface area (Å²) in [5.74, 6) is 0. The Morgan fingerprint density at radius 3 is 1.44 bits per heavy atom. The van der Waals surface area contributed by atoms with Crippen molar-refractivity contribution < 1.29 is 0 Å². The van der Waals surface area contributed by atoms with Crippen molar-refractivity contribution in [1.82, 2.24) is 0 Å². The van der Waals surface area contributed by atoms with Crippen molar-refractivity contribution in [3.05, 3.63) is 169 Å². The summed E-state index contributed by atoms with van der Waals surface area (Å²) < 4.78 is 0. The van der Waals surface area contributed by atoms with Crippen molar-refractivity contribution in [2.24, 2.45) is 0 Å². The standard InChI is InChI=1S/C50H32/c1-29-14-11-15-30(2)43(29)37-26-27-40-46-36(37)23-13-25-39(46)49-44(31-16-5-3-6-17-31)42-28-41-34-21-10-9-20-33(34)35-22-12-24-38(47(35)41)48(42)45(50(40)49)32-18-7-4-8-19-32/h3-28H,1-2H3. The van der Waals surface area contributed by atoms with Gasteiger partial charge in [0.1, 0.15) is 0 Å². The van der Waals surface area contributed by atoms with E-state index in [1.807, 2.05) is 0 Å². The van der Waals surface area contributed by atoms with E-state index in [1.54, 1.807) is 0 Å². The van der Waals surface area contributed by atoms with Gasteiger partial charge in [0.15, 0.2) is 0 Å². The molecule has 0 fully saturated rings. The Balaban J connectivity index is 1.46. The van der Waals surface area contributed by atoms with Crippen LogP contribution in [0.4, 0.5) is 0 Å².